The Morgan fingerprint density at radius 2 is 1.75 bits per heavy atom. The number of likely N-dealkylation sites (tertiary alicyclic amines) is 1. The number of para-hydroxylation sites is 1. The van der Waals surface area contributed by atoms with E-state index in [-0.39, 0.29) is 29.3 Å². The number of benzene rings is 1. The van der Waals surface area contributed by atoms with Gasteiger partial charge in [-0.1, -0.05) is 18.2 Å². The van der Waals surface area contributed by atoms with Crippen LogP contribution in [0.2, 0.25) is 0 Å². The first-order valence-corrected chi connectivity index (χ1v) is 8.32. The SMILES string of the molecule is O=C1CC(=O)CC2(CCN(C(=O)c3n[nH]c4ccccc34)CC2)C1. The summed E-state index contributed by atoms with van der Waals surface area (Å²) in [6.45, 7) is 1.14. The maximum absolute atomic E-state index is 12.8. The molecule has 1 saturated heterocycles. The molecule has 24 heavy (non-hydrogen) atoms. The van der Waals surface area contributed by atoms with Crippen LogP contribution in [0.1, 0.15) is 42.6 Å². The van der Waals surface area contributed by atoms with E-state index in [0.29, 0.717) is 44.5 Å². The van der Waals surface area contributed by atoms with Crippen LogP contribution >= 0.6 is 0 Å². The Labute approximate surface area is 139 Å². The number of H-pyrrole nitrogens is 1. The van der Waals surface area contributed by atoms with Gasteiger partial charge in [-0.25, -0.2) is 0 Å². The summed E-state index contributed by atoms with van der Waals surface area (Å²) in [6, 6.07) is 7.56. The summed E-state index contributed by atoms with van der Waals surface area (Å²) in [4.78, 5) is 38.1. The van der Waals surface area contributed by atoms with Crippen molar-refractivity contribution < 1.29 is 14.4 Å². The quantitative estimate of drug-likeness (QED) is 0.814. The van der Waals surface area contributed by atoms with Crippen LogP contribution in [-0.4, -0.2) is 45.7 Å². The van der Waals surface area contributed by atoms with Crippen LogP contribution in [0.3, 0.4) is 0 Å². The molecule has 2 fully saturated rings. The van der Waals surface area contributed by atoms with E-state index in [1.54, 1.807) is 4.90 Å². The minimum atomic E-state index is -0.225. The van der Waals surface area contributed by atoms with E-state index in [0.717, 1.165) is 10.9 Å². The lowest BCUT2D eigenvalue weighted by Crippen LogP contribution is -2.46. The lowest BCUT2D eigenvalue weighted by Gasteiger charge is -2.42. The van der Waals surface area contributed by atoms with E-state index in [2.05, 4.69) is 10.2 Å². The number of piperidine rings is 1. The number of hydrogen-bond donors (Lipinski definition) is 1. The zero-order valence-corrected chi connectivity index (χ0v) is 13.4. The van der Waals surface area contributed by atoms with Gasteiger partial charge in [0.25, 0.3) is 5.91 Å². The van der Waals surface area contributed by atoms with Gasteiger partial charge >= 0.3 is 0 Å². The monoisotopic (exact) mass is 325 g/mol. The molecule has 0 bridgehead atoms. The Hall–Kier alpha value is -2.50. The van der Waals surface area contributed by atoms with Gasteiger partial charge in [0.2, 0.25) is 0 Å². The maximum Gasteiger partial charge on any atom is 0.274 e. The predicted octanol–water partition coefficient (Wildman–Crippen LogP) is 2.11. The number of aromatic amines is 1. The van der Waals surface area contributed by atoms with Crippen molar-refractivity contribution in [3.05, 3.63) is 30.0 Å². The van der Waals surface area contributed by atoms with Crippen LogP contribution in [0.5, 0.6) is 0 Å². The molecule has 0 atom stereocenters. The summed E-state index contributed by atoms with van der Waals surface area (Å²) in [5.41, 5.74) is 1.06. The molecule has 1 saturated carbocycles. The third-order valence-corrected chi connectivity index (χ3v) is 5.32. The number of nitrogens with zero attached hydrogens (tertiary/aromatic N) is 2. The molecular formula is C18H19N3O3. The summed E-state index contributed by atoms with van der Waals surface area (Å²) < 4.78 is 0. The number of nitrogens with one attached hydrogen (secondary N) is 1. The molecule has 6 heteroatoms. The zero-order chi connectivity index (χ0) is 16.7. The normalized spacial score (nSPS) is 20.8. The van der Waals surface area contributed by atoms with Crippen molar-refractivity contribution in [1.82, 2.24) is 15.1 Å². The molecule has 1 aromatic carbocycles. The Morgan fingerprint density at radius 3 is 2.46 bits per heavy atom. The van der Waals surface area contributed by atoms with Gasteiger partial charge in [-0.2, -0.15) is 5.10 Å². The van der Waals surface area contributed by atoms with Gasteiger partial charge < -0.3 is 4.90 Å². The number of aromatic nitrogens is 2. The van der Waals surface area contributed by atoms with Crippen LogP contribution in [0.25, 0.3) is 10.9 Å². The second-order valence-corrected chi connectivity index (χ2v) is 7.02. The number of rotatable bonds is 1. The minimum Gasteiger partial charge on any atom is -0.337 e. The first-order chi connectivity index (χ1) is 11.6. The third kappa shape index (κ3) is 2.52. The molecule has 124 valence electrons. The molecule has 6 nitrogen and oxygen atoms in total. The van der Waals surface area contributed by atoms with E-state index in [1.807, 2.05) is 24.3 Å². The summed E-state index contributed by atoms with van der Waals surface area (Å²) >= 11 is 0. The molecule has 0 radical (unpaired) electrons. The molecule has 1 aromatic heterocycles. The van der Waals surface area contributed by atoms with Crippen LogP contribution in [0, 0.1) is 5.41 Å². The Kier molecular flexibility index (Phi) is 3.48. The fourth-order valence-electron chi connectivity index (χ4n) is 4.06. The first-order valence-electron chi connectivity index (χ1n) is 8.32. The molecule has 2 aliphatic rings. The molecule has 1 aliphatic heterocycles. The molecule has 1 amide bonds. The highest BCUT2D eigenvalue weighted by Gasteiger charge is 2.42. The average molecular weight is 325 g/mol. The van der Waals surface area contributed by atoms with Gasteiger partial charge in [-0.3, -0.25) is 19.5 Å². The van der Waals surface area contributed by atoms with Crippen molar-refractivity contribution in [1.29, 1.82) is 0 Å². The Balaban J connectivity index is 1.50. The number of carbonyl (C=O) groups excluding carboxylic acids is 3. The number of hydrogen-bond acceptors (Lipinski definition) is 4. The smallest absolute Gasteiger partial charge is 0.274 e. The second kappa shape index (κ2) is 5.54. The molecule has 2 heterocycles. The van der Waals surface area contributed by atoms with Crippen molar-refractivity contribution >= 4 is 28.4 Å². The van der Waals surface area contributed by atoms with Crippen molar-refractivity contribution in [3.63, 3.8) is 0 Å². The van der Waals surface area contributed by atoms with Crippen LogP contribution in [0.15, 0.2) is 24.3 Å². The highest BCUT2D eigenvalue weighted by Crippen LogP contribution is 2.42. The fraction of sp³-hybridized carbons (Fsp3) is 0.444. The van der Waals surface area contributed by atoms with Gasteiger partial charge in [0.15, 0.2) is 5.69 Å². The van der Waals surface area contributed by atoms with E-state index < -0.39 is 0 Å². The molecule has 4 rings (SSSR count). The molecule has 1 spiro atoms. The van der Waals surface area contributed by atoms with E-state index in [9.17, 15) is 14.4 Å². The van der Waals surface area contributed by atoms with Gasteiger partial charge in [-0.15, -0.1) is 0 Å². The Morgan fingerprint density at radius 1 is 1.08 bits per heavy atom. The number of Topliss-reactive ketones (excluding diaryl/α,β-unsaturated/α-hetero) is 2. The van der Waals surface area contributed by atoms with Crippen molar-refractivity contribution in [3.8, 4) is 0 Å². The fourth-order valence-corrected chi connectivity index (χ4v) is 4.06. The van der Waals surface area contributed by atoms with Crippen molar-refractivity contribution in [2.24, 2.45) is 5.41 Å². The lowest BCUT2D eigenvalue weighted by molar-refractivity contribution is -0.135. The summed E-state index contributed by atoms with van der Waals surface area (Å²) in [5, 5.41) is 7.89. The van der Waals surface area contributed by atoms with Crippen LogP contribution in [-0.2, 0) is 9.59 Å². The first kappa shape index (κ1) is 15.1. The molecule has 2 aromatic rings. The van der Waals surface area contributed by atoms with E-state index in [4.69, 9.17) is 0 Å². The van der Waals surface area contributed by atoms with Crippen molar-refractivity contribution in [2.45, 2.75) is 32.1 Å². The van der Waals surface area contributed by atoms with Gasteiger partial charge in [0, 0.05) is 31.3 Å². The topological polar surface area (TPSA) is 83.1 Å². The van der Waals surface area contributed by atoms with Gasteiger partial charge in [-0.05, 0) is 24.3 Å². The highest BCUT2D eigenvalue weighted by atomic mass is 16.2. The maximum atomic E-state index is 12.8. The second-order valence-electron chi connectivity index (χ2n) is 7.02. The highest BCUT2D eigenvalue weighted by molar-refractivity contribution is 6.05. The summed E-state index contributed by atoms with van der Waals surface area (Å²) in [7, 11) is 0. The molecule has 1 aliphatic carbocycles. The number of carbonyl (C=O) groups is 3. The number of ketones is 2. The largest absolute Gasteiger partial charge is 0.337 e. The third-order valence-electron chi connectivity index (χ3n) is 5.32. The molecule has 1 N–H and O–H groups in total. The lowest BCUT2D eigenvalue weighted by atomic mass is 9.67. The van der Waals surface area contributed by atoms with Crippen LogP contribution in [0.4, 0.5) is 0 Å². The molecule has 0 unspecified atom stereocenters. The number of amides is 1. The standard InChI is InChI=1S/C18H19N3O3/c22-12-9-13(23)11-18(10-12)5-7-21(8-6-18)17(24)16-14-3-1-2-4-15(14)19-20-16/h1-4H,5-11H2,(H,19,20). The van der Waals surface area contributed by atoms with Crippen LogP contribution < -0.4 is 0 Å². The minimum absolute atomic E-state index is 0.0457. The van der Waals surface area contributed by atoms with E-state index >= 15 is 0 Å². The molecular weight excluding hydrogens is 306 g/mol. The Bertz CT molecular complexity index is 813. The average Bonchev–Trinajstić information content (AvgIpc) is 2.98. The van der Waals surface area contributed by atoms with Crippen molar-refractivity contribution in [2.75, 3.05) is 13.1 Å². The predicted molar refractivity (Wildman–Crippen MR) is 87.5 cm³/mol. The summed E-state index contributed by atoms with van der Waals surface area (Å²) in [6.07, 6.45) is 2.46. The zero-order valence-electron chi connectivity index (χ0n) is 13.4. The van der Waals surface area contributed by atoms with Gasteiger partial charge in [0.05, 0.1) is 11.9 Å². The van der Waals surface area contributed by atoms with E-state index in [1.165, 1.54) is 0 Å². The van der Waals surface area contributed by atoms with Gasteiger partial charge in [0.1, 0.15) is 11.6 Å². The number of fused-ring (bicyclic) bond motifs is 1. The summed E-state index contributed by atoms with van der Waals surface area (Å²) in [5.74, 6) is 0.00408.